The third-order valence-electron chi connectivity index (χ3n) is 4.20. The van der Waals surface area contributed by atoms with E-state index < -0.39 is 10.8 Å². The lowest BCUT2D eigenvalue weighted by Gasteiger charge is -2.28. The van der Waals surface area contributed by atoms with Crippen LogP contribution >= 0.6 is 0 Å². The van der Waals surface area contributed by atoms with Gasteiger partial charge in [0.1, 0.15) is 5.56 Å². The number of nitro benzene ring substituents is 1. The largest absolute Gasteiger partial charge is 0.322 e. The van der Waals surface area contributed by atoms with Crippen LogP contribution in [-0.4, -0.2) is 23.3 Å². The first kappa shape index (κ1) is 16.6. The number of carbonyl (C=O) groups excluding carboxylic acids is 2. The van der Waals surface area contributed by atoms with Crippen LogP contribution in [0.5, 0.6) is 0 Å². The second-order valence-corrected chi connectivity index (χ2v) is 5.71. The minimum Gasteiger partial charge on any atom is -0.322 e. The highest BCUT2D eigenvalue weighted by Crippen LogP contribution is 2.30. The Balaban J connectivity index is 1.86. The summed E-state index contributed by atoms with van der Waals surface area (Å²) in [6.07, 6.45) is 1.04. The second kappa shape index (κ2) is 6.72. The van der Waals surface area contributed by atoms with Gasteiger partial charge in [0.15, 0.2) is 0 Å². The van der Waals surface area contributed by atoms with Gasteiger partial charge in [-0.05, 0) is 43.2 Å². The lowest BCUT2D eigenvalue weighted by atomic mass is 10.0. The number of aryl methyl sites for hydroxylation is 1. The summed E-state index contributed by atoms with van der Waals surface area (Å²) in [4.78, 5) is 36.5. The molecule has 0 bridgehead atoms. The van der Waals surface area contributed by atoms with Gasteiger partial charge in [0.05, 0.1) is 4.92 Å². The summed E-state index contributed by atoms with van der Waals surface area (Å²) in [5.41, 5.74) is 2.15. The number of hydrogen-bond donors (Lipinski definition) is 1. The van der Waals surface area contributed by atoms with Crippen LogP contribution in [0.4, 0.5) is 17.1 Å². The first-order valence-electron chi connectivity index (χ1n) is 7.99. The molecule has 128 valence electrons. The molecule has 3 rings (SSSR count). The van der Waals surface area contributed by atoms with Crippen LogP contribution in [0, 0.1) is 10.1 Å². The van der Waals surface area contributed by atoms with Crippen molar-refractivity contribution in [3.05, 3.63) is 63.7 Å². The van der Waals surface area contributed by atoms with Crippen LogP contribution in [0.2, 0.25) is 0 Å². The highest BCUT2D eigenvalue weighted by Gasteiger charge is 2.24. The predicted octanol–water partition coefficient (Wildman–Crippen LogP) is 3.15. The fourth-order valence-corrected chi connectivity index (χ4v) is 3.01. The Bertz CT molecular complexity index is 863. The van der Waals surface area contributed by atoms with E-state index in [1.165, 1.54) is 18.2 Å². The quantitative estimate of drug-likeness (QED) is 0.684. The average Bonchev–Trinajstić information content (AvgIpc) is 2.61. The number of nitrogens with zero attached hydrogens (tertiary/aromatic N) is 2. The summed E-state index contributed by atoms with van der Waals surface area (Å²) in [5, 5.41) is 13.8. The molecule has 0 fully saturated rings. The summed E-state index contributed by atoms with van der Waals surface area (Å²) in [6.45, 7) is 2.50. The fourth-order valence-electron chi connectivity index (χ4n) is 3.01. The summed E-state index contributed by atoms with van der Waals surface area (Å²) in [6, 6.07) is 11.1. The Morgan fingerprint density at radius 1 is 1.24 bits per heavy atom. The molecule has 25 heavy (non-hydrogen) atoms. The van der Waals surface area contributed by atoms with Gasteiger partial charge in [-0.25, -0.2) is 0 Å². The smallest absolute Gasteiger partial charge is 0.282 e. The minimum atomic E-state index is -0.577. The van der Waals surface area contributed by atoms with Crippen LogP contribution in [-0.2, 0) is 11.2 Å². The third kappa shape index (κ3) is 3.21. The van der Waals surface area contributed by atoms with E-state index in [4.69, 9.17) is 0 Å². The van der Waals surface area contributed by atoms with Crippen molar-refractivity contribution in [3.63, 3.8) is 0 Å². The van der Waals surface area contributed by atoms with E-state index in [2.05, 4.69) is 5.32 Å². The zero-order chi connectivity index (χ0) is 18.0. The van der Waals surface area contributed by atoms with Gasteiger partial charge in [-0.15, -0.1) is 0 Å². The minimum absolute atomic E-state index is 0.00980. The van der Waals surface area contributed by atoms with E-state index in [0.29, 0.717) is 25.1 Å². The molecule has 0 aromatic heterocycles. The van der Waals surface area contributed by atoms with Crippen molar-refractivity contribution in [1.29, 1.82) is 0 Å². The van der Waals surface area contributed by atoms with Crippen LogP contribution in [0.3, 0.4) is 0 Å². The maximum absolute atomic E-state index is 12.4. The molecule has 1 aliphatic rings. The highest BCUT2D eigenvalue weighted by atomic mass is 16.6. The van der Waals surface area contributed by atoms with E-state index >= 15 is 0 Å². The van der Waals surface area contributed by atoms with Crippen molar-refractivity contribution in [3.8, 4) is 0 Å². The molecule has 0 saturated heterocycles. The SMILES string of the molecule is CCN1C(=O)CCc2cc(NC(=O)c3ccccc3[N+](=O)[O-])ccc21. The third-order valence-corrected chi connectivity index (χ3v) is 4.20. The fraction of sp³-hybridized carbons (Fsp3) is 0.222. The van der Waals surface area contributed by atoms with Crippen molar-refractivity contribution >= 4 is 28.9 Å². The molecular formula is C18H17N3O4. The van der Waals surface area contributed by atoms with Gasteiger partial charge in [-0.1, -0.05) is 12.1 Å². The monoisotopic (exact) mass is 339 g/mol. The van der Waals surface area contributed by atoms with Gasteiger partial charge >= 0.3 is 0 Å². The summed E-state index contributed by atoms with van der Waals surface area (Å²) in [5.74, 6) is -0.446. The molecule has 0 spiro atoms. The molecule has 2 aromatic rings. The number of nitro groups is 1. The maximum atomic E-state index is 12.4. The molecule has 7 nitrogen and oxygen atoms in total. The van der Waals surface area contributed by atoms with E-state index in [1.54, 1.807) is 23.1 Å². The number of carbonyl (C=O) groups is 2. The molecule has 1 N–H and O–H groups in total. The Morgan fingerprint density at radius 2 is 2.00 bits per heavy atom. The first-order chi connectivity index (χ1) is 12.0. The second-order valence-electron chi connectivity index (χ2n) is 5.71. The van der Waals surface area contributed by atoms with Gasteiger partial charge in [-0.2, -0.15) is 0 Å². The topological polar surface area (TPSA) is 92.6 Å². The van der Waals surface area contributed by atoms with Gasteiger partial charge in [0, 0.05) is 30.4 Å². The molecule has 1 aliphatic heterocycles. The predicted molar refractivity (Wildman–Crippen MR) is 93.8 cm³/mol. The van der Waals surface area contributed by atoms with Crippen molar-refractivity contribution in [1.82, 2.24) is 0 Å². The summed E-state index contributed by atoms with van der Waals surface area (Å²) < 4.78 is 0. The molecule has 0 unspecified atom stereocenters. The summed E-state index contributed by atoms with van der Waals surface area (Å²) >= 11 is 0. The van der Waals surface area contributed by atoms with Crippen LogP contribution in [0.25, 0.3) is 0 Å². The molecule has 0 saturated carbocycles. The van der Waals surface area contributed by atoms with Crippen LogP contribution < -0.4 is 10.2 Å². The number of anilines is 2. The zero-order valence-corrected chi connectivity index (χ0v) is 13.7. The lowest BCUT2D eigenvalue weighted by molar-refractivity contribution is -0.385. The maximum Gasteiger partial charge on any atom is 0.282 e. The van der Waals surface area contributed by atoms with E-state index in [0.717, 1.165) is 11.3 Å². The molecule has 7 heteroatoms. The number of benzene rings is 2. The van der Waals surface area contributed by atoms with Crippen molar-refractivity contribution in [2.75, 3.05) is 16.8 Å². The van der Waals surface area contributed by atoms with Crippen molar-refractivity contribution < 1.29 is 14.5 Å². The van der Waals surface area contributed by atoms with E-state index in [-0.39, 0.29) is 17.2 Å². The normalized spacial score (nSPS) is 13.3. The van der Waals surface area contributed by atoms with Crippen LogP contribution in [0.15, 0.2) is 42.5 Å². The molecule has 2 amide bonds. The highest BCUT2D eigenvalue weighted by molar-refractivity contribution is 6.07. The van der Waals surface area contributed by atoms with Gasteiger partial charge < -0.3 is 10.2 Å². The standard InChI is InChI=1S/C18H17N3O4/c1-2-20-15-9-8-13(11-12(15)7-10-17(20)22)19-18(23)14-5-3-4-6-16(14)21(24)25/h3-6,8-9,11H,2,7,10H2,1H3,(H,19,23). The van der Waals surface area contributed by atoms with Gasteiger partial charge in [-0.3, -0.25) is 19.7 Å². The molecule has 0 radical (unpaired) electrons. The Kier molecular flexibility index (Phi) is 4.47. The van der Waals surface area contributed by atoms with Gasteiger partial charge in [0.2, 0.25) is 5.91 Å². The molecule has 0 atom stereocenters. The average molecular weight is 339 g/mol. The van der Waals surface area contributed by atoms with Crippen molar-refractivity contribution in [2.45, 2.75) is 19.8 Å². The number of para-hydroxylation sites is 1. The Morgan fingerprint density at radius 3 is 2.72 bits per heavy atom. The summed E-state index contributed by atoms with van der Waals surface area (Å²) in [7, 11) is 0. The molecular weight excluding hydrogens is 322 g/mol. The van der Waals surface area contributed by atoms with Crippen molar-refractivity contribution in [2.24, 2.45) is 0 Å². The zero-order valence-electron chi connectivity index (χ0n) is 13.7. The lowest BCUT2D eigenvalue weighted by Crippen LogP contribution is -2.34. The van der Waals surface area contributed by atoms with Crippen LogP contribution in [0.1, 0.15) is 29.3 Å². The number of amides is 2. The molecule has 2 aromatic carbocycles. The number of hydrogen-bond acceptors (Lipinski definition) is 4. The molecule has 1 heterocycles. The number of fused-ring (bicyclic) bond motifs is 1. The Hall–Kier alpha value is -3.22. The number of rotatable bonds is 4. The van der Waals surface area contributed by atoms with E-state index in [9.17, 15) is 19.7 Å². The molecule has 0 aliphatic carbocycles. The number of nitrogens with one attached hydrogen (secondary N) is 1. The first-order valence-corrected chi connectivity index (χ1v) is 7.99. The van der Waals surface area contributed by atoms with Gasteiger partial charge in [0.25, 0.3) is 11.6 Å². The van der Waals surface area contributed by atoms with E-state index in [1.807, 2.05) is 13.0 Å². The Labute approximate surface area is 144 Å².